The number of benzene rings is 5. The van der Waals surface area contributed by atoms with E-state index in [0.29, 0.717) is 60.0 Å². The number of carboxylic acid groups (broad SMARTS) is 1. The van der Waals surface area contributed by atoms with Gasteiger partial charge in [-0.3, -0.25) is 9.69 Å². The molecule has 3 N–H and O–H groups in total. The van der Waals surface area contributed by atoms with Crippen molar-refractivity contribution in [2.24, 2.45) is 17.1 Å². The molecule has 2 saturated heterocycles. The molecule has 2 unspecified atom stereocenters. The molecule has 8 rings (SSSR count). The number of likely N-dealkylation sites (tertiary alicyclic amines) is 2. The fourth-order valence-electron chi connectivity index (χ4n) is 9.92. The van der Waals surface area contributed by atoms with Gasteiger partial charge in [0.2, 0.25) is 21.8 Å². The van der Waals surface area contributed by atoms with E-state index >= 15 is 8.42 Å². The number of ether oxygens (including phenoxy) is 3. The SMILES string of the molecule is COc1ccc(CN(Cc2ccc(OC)cc2)S(=O)(=O)c2c(CC3CCN(CC(N)=O)CC3)ccc(-c3ccc(C4CN(C(=O)O)C4C(C)(C)C)cc3)c2-c2nnn(Cc3ccc(OC)cc3)n2)cc1. The molecule has 3 heterocycles. The molecule has 0 bridgehead atoms. The van der Waals surface area contributed by atoms with Crippen LogP contribution in [0.25, 0.3) is 22.5 Å². The van der Waals surface area contributed by atoms with Crippen molar-refractivity contribution < 1.29 is 37.3 Å². The zero-order chi connectivity index (χ0) is 49.7. The molecule has 16 nitrogen and oxygen atoms in total. The van der Waals surface area contributed by atoms with Crippen molar-refractivity contribution in [2.45, 2.75) is 76.5 Å². The number of sulfonamides is 1. The monoisotopic (exact) mass is 970 g/mol. The normalized spacial score (nSPS) is 16.8. The van der Waals surface area contributed by atoms with E-state index in [9.17, 15) is 14.7 Å². The van der Waals surface area contributed by atoms with Crippen molar-refractivity contribution in [3.63, 3.8) is 0 Å². The molecule has 2 aliphatic heterocycles. The van der Waals surface area contributed by atoms with E-state index in [0.717, 1.165) is 40.7 Å². The molecule has 5 aromatic carbocycles. The minimum absolute atomic E-state index is 0.0266. The van der Waals surface area contributed by atoms with E-state index in [1.807, 2.05) is 114 Å². The molecule has 1 aromatic heterocycles. The Bertz CT molecular complexity index is 2830. The first-order chi connectivity index (χ1) is 33.5. The number of hydrogen-bond acceptors (Lipinski definition) is 11. The Kier molecular flexibility index (Phi) is 14.9. The summed E-state index contributed by atoms with van der Waals surface area (Å²) in [6, 6.07) is 33.9. The lowest BCUT2D eigenvalue weighted by molar-refractivity contribution is -0.119. The van der Waals surface area contributed by atoms with Gasteiger partial charge in [0.05, 0.1) is 44.9 Å². The van der Waals surface area contributed by atoms with E-state index in [2.05, 4.69) is 31.1 Å². The molecular formula is C53H62N8O8S. The summed E-state index contributed by atoms with van der Waals surface area (Å²) >= 11 is 0. The predicted molar refractivity (Wildman–Crippen MR) is 266 cm³/mol. The average Bonchev–Trinajstić information content (AvgIpc) is 3.79. The Morgan fingerprint density at radius 1 is 0.771 bits per heavy atom. The Balaban J connectivity index is 1.30. The van der Waals surface area contributed by atoms with Crippen LogP contribution < -0.4 is 19.9 Å². The standard InChI is InChI=1S/C53H62N8O8S/c1-53(2,3)50-46(33-60(50)52(63)64)40-15-13-39(14-16-40)45-24-17-41(29-35-25-27-58(28-26-35)34-47(54)62)49(48(45)51-55-57-61(56-51)32-38-11-22-44(69-6)23-12-38)70(65,66)59(30-36-7-18-42(67-4)19-8-36)31-37-9-20-43(68-5)21-10-37/h7-24,35,46,50H,25-34H2,1-6H3,(H2,54,62)(H,63,64). The molecule has 0 saturated carbocycles. The van der Waals surface area contributed by atoms with Crippen LogP contribution in [-0.4, -0.2) is 113 Å². The minimum atomic E-state index is -4.45. The quantitative estimate of drug-likeness (QED) is 0.0853. The van der Waals surface area contributed by atoms with Crippen molar-refractivity contribution in [1.29, 1.82) is 0 Å². The van der Waals surface area contributed by atoms with Gasteiger partial charge in [-0.25, -0.2) is 13.2 Å². The lowest BCUT2D eigenvalue weighted by Gasteiger charge is -2.53. The maximum absolute atomic E-state index is 16.2. The van der Waals surface area contributed by atoms with Crippen molar-refractivity contribution in [3.8, 4) is 39.8 Å². The summed E-state index contributed by atoms with van der Waals surface area (Å²) in [5.74, 6) is 1.82. The summed E-state index contributed by atoms with van der Waals surface area (Å²) in [7, 11) is 0.332. The van der Waals surface area contributed by atoms with Crippen LogP contribution in [0.5, 0.6) is 17.2 Å². The lowest BCUT2D eigenvalue weighted by atomic mass is 9.69. The van der Waals surface area contributed by atoms with Gasteiger partial charge in [0, 0.05) is 31.6 Å². The highest BCUT2D eigenvalue weighted by Gasteiger charge is 2.49. The Hall–Kier alpha value is -6.82. The fraction of sp³-hybridized carbons (Fsp3) is 0.377. The molecule has 2 amide bonds. The molecule has 0 aliphatic carbocycles. The third kappa shape index (κ3) is 11.1. The maximum Gasteiger partial charge on any atom is 0.407 e. The summed E-state index contributed by atoms with van der Waals surface area (Å²) in [6.45, 7) is 8.32. The molecule has 2 atom stereocenters. The number of methoxy groups -OCH3 is 3. The number of carbonyl (C=O) groups excluding carboxylic acids is 1. The van der Waals surface area contributed by atoms with Gasteiger partial charge in [-0.15, -0.1) is 10.2 Å². The molecule has 2 fully saturated rings. The first-order valence-electron chi connectivity index (χ1n) is 23.5. The fourth-order valence-corrected chi connectivity index (χ4v) is 11.8. The number of nitrogens with zero attached hydrogens (tertiary/aromatic N) is 7. The molecular weight excluding hydrogens is 909 g/mol. The Labute approximate surface area is 410 Å². The third-order valence-electron chi connectivity index (χ3n) is 13.5. The Morgan fingerprint density at radius 2 is 1.31 bits per heavy atom. The molecule has 17 heteroatoms. The van der Waals surface area contributed by atoms with E-state index in [-0.39, 0.29) is 66.1 Å². The zero-order valence-electron chi connectivity index (χ0n) is 40.6. The van der Waals surface area contributed by atoms with Crippen LogP contribution in [0.1, 0.15) is 67.3 Å². The van der Waals surface area contributed by atoms with Gasteiger partial charge in [0.15, 0.2) is 0 Å². The van der Waals surface area contributed by atoms with Gasteiger partial charge in [0.1, 0.15) is 17.2 Å². The van der Waals surface area contributed by atoms with Crippen LogP contribution in [0, 0.1) is 11.3 Å². The summed E-state index contributed by atoms with van der Waals surface area (Å²) < 4.78 is 50.3. The number of hydrogen-bond donors (Lipinski definition) is 2. The number of piperidine rings is 1. The second kappa shape index (κ2) is 21.0. The van der Waals surface area contributed by atoms with Crippen molar-refractivity contribution in [2.75, 3.05) is 47.5 Å². The van der Waals surface area contributed by atoms with Crippen LogP contribution in [-0.2, 0) is 40.9 Å². The molecule has 6 aromatic rings. The second-order valence-electron chi connectivity index (χ2n) is 19.3. The zero-order valence-corrected chi connectivity index (χ0v) is 41.4. The van der Waals surface area contributed by atoms with Crippen molar-refractivity contribution in [3.05, 3.63) is 137 Å². The molecule has 2 aliphatic rings. The van der Waals surface area contributed by atoms with Gasteiger partial charge >= 0.3 is 6.09 Å². The highest BCUT2D eigenvalue weighted by molar-refractivity contribution is 7.89. The first kappa shape index (κ1) is 49.6. The smallest absolute Gasteiger partial charge is 0.407 e. The first-order valence-corrected chi connectivity index (χ1v) is 24.9. The largest absolute Gasteiger partial charge is 0.497 e. The lowest BCUT2D eigenvalue weighted by Crippen LogP contribution is -2.62. The van der Waals surface area contributed by atoms with Crippen LogP contribution in [0.15, 0.2) is 114 Å². The summed E-state index contributed by atoms with van der Waals surface area (Å²) in [5.41, 5.74) is 10.9. The van der Waals surface area contributed by atoms with Crippen LogP contribution in [0.3, 0.4) is 0 Å². The van der Waals surface area contributed by atoms with Gasteiger partial charge < -0.3 is 30.0 Å². The molecule has 368 valence electrons. The van der Waals surface area contributed by atoms with Gasteiger partial charge in [-0.05, 0) is 124 Å². The number of carbonyl (C=O) groups is 2. The van der Waals surface area contributed by atoms with E-state index < -0.39 is 16.1 Å². The number of nitrogens with two attached hydrogens (primary N) is 1. The van der Waals surface area contributed by atoms with Gasteiger partial charge in [0.25, 0.3) is 0 Å². The topological polar surface area (TPSA) is 196 Å². The molecule has 0 spiro atoms. The van der Waals surface area contributed by atoms with Crippen LogP contribution in [0.4, 0.5) is 4.79 Å². The minimum Gasteiger partial charge on any atom is -0.497 e. The number of rotatable bonds is 18. The highest BCUT2D eigenvalue weighted by Crippen LogP contribution is 2.46. The second-order valence-corrected chi connectivity index (χ2v) is 21.2. The number of aromatic nitrogens is 4. The molecule has 0 radical (unpaired) electrons. The van der Waals surface area contributed by atoms with Gasteiger partial charge in [-0.2, -0.15) is 9.10 Å². The van der Waals surface area contributed by atoms with E-state index in [1.54, 1.807) is 21.3 Å². The average molecular weight is 971 g/mol. The van der Waals surface area contributed by atoms with Crippen LogP contribution in [0.2, 0.25) is 0 Å². The summed E-state index contributed by atoms with van der Waals surface area (Å²) in [4.78, 5) is 29.1. The predicted octanol–water partition coefficient (Wildman–Crippen LogP) is 7.70. The third-order valence-corrected chi connectivity index (χ3v) is 15.4. The van der Waals surface area contributed by atoms with E-state index in [4.69, 9.17) is 25.0 Å². The summed E-state index contributed by atoms with van der Waals surface area (Å²) in [5, 5.41) is 24.1. The van der Waals surface area contributed by atoms with Gasteiger partial charge in [-0.1, -0.05) is 93.6 Å². The van der Waals surface area contributed by atoms with Crippen LogP contribution >= 0.6 is 0 Å². The van der Waals surface area contributed by atoms with E-state index in [1.165, 1.54) is 14.0 Å². The number of primary amides is 1. The number of tetrazole rings is 1. The highest BCUT2D eigenvalue weighted by atomic mass is 32.2. The Morgan fingerprint density at radius 3 is 1.81 bits per heavy atom. The van der Waals surface area contributed by atoms with Crippen molar-refractivity contribution >= 4 is 22.0 Å². The van der Waals surface area contributed by atoms with Crippen molar-refractivity contribution in [1.82, 2.24) is 34.3 Å². The molecule has 70 heavy (non-hydrogen) atoms. The number of amides is 2. The maximum atomic E-state index is 16.2. The summed E-state index contributed by atoms with van der Waals surface area (Å²) in [6.07, 6.45) is 0.959.